The van der Waals surface area contributed by atoms with Gasteiger partial charge in [-0.25, -0.2) is 9.89 Å². The molecule has 2 N–H and O–H groups in total. The molecule has 6 heteroatoms. The number of ether oxygens (including phenoxy) is 1. The molecular formula is C8H13N3O2S. The summed E-state index contributed by atoms with van der Waals surface area (Å²) in [6.07, 6.45) is 2.02. The van der Waals surface area contributed by atoms with Gasteiger partial charge in [-0.2, -0.15) is 0 Å². The Morgan fingerprint density at radius 2 is 2.43 bits per heavy atom. The van der Waals surface area contributed by atoms with Crippen molar-refractivity contribution in [1.82, 2.24) is 14.8 Å². The topological polar surface area (TPSA) is 62.8 Å². The van der Waals surface area contributed by atoms with Crippen molar-refractivity contribution in [3.63, 3.8) is 0 Å². The minimum absolute atomic E-state index is 0.202. The predicted octanol–water partition coefficient (Wildman–Crippen LogP) is 0.803. The summed E-state index contributed by atoms with van der Waals surface area (Å²) >= 11 is 4.98. The van der Waals surface area contributed by atoms with Crippen molar-refractivity contribution in [1.29, 1.82) is 0 Å². The molecule has 0 aliphatic carbocycles. The second kappa shape index (κ2) is 3.36. The van der Waals surface area contributed by atoms with Gasteiger partial charge in [0.05, 0.1) is 12.1 Å². The van der Waals surface area contributed by atoms with Crippen LogP contribution in [0, 0.1) is 4.77 Å². The molecule has 0 radical (unpaired) electrons. The zero-order chi connectivity index (χ0) is 10.2. The van der Waals surface area contributed by atoms with Crippen LogP contribution in [0.15, 0.2) is 4.79 Å². The SMILES string of the molecule is CC1(Cn2c(=O)[nH][nH]c2=S)CCCO1. The Bertz CT molecular complexity index is 397. The van der Waals surface area contributed by atoms with Gasteiger partial charge in [0.25, 0.3) is 0 Å². The first kappa shape index (κ1) is 9.67. The first-order valence-electron chi connectivity index (χ1n) is 4.62. The van der Waals surface area contributed by atoms with Crippen LogP contribution in [0.4, 0.5) is 0 Å². The third kappa shape index (κ3) is 1.67. The minimum Gasteiger partial charge on any atom is -0.373 e. The van der Waals surface area contributed by atoms with Gasteiger partial charge in [-0.1, -0.05) is 0 Å². The summed E-state index contributed by atoms with van der Waals surface area (Å²) in [6, 6.07) is 0. The third-order valence-corrected chi connectivity index (χ3v) is 2.88. The molecule has 1 aromatic heterocycles. The van der Waals surface area contributed by atoms with Crippen LogP contribution in [0.5, 0.6) is 0 Å². The molecule has 1 aromatic rings. The van der Waals surface area contributed by atoms with Crippen LogP contribution in [0.1, 0.15) is 19.8 Å². The van der Waals surface area contributed by atoms with E-state index in [1.54, 1.807) is 0 Å². The fourth-order valence-electron chi connectivity index (χ4n) is 1.77. The first-order chi connectivity index (χ1) is 6.61. The molecule has 1 aliphatic heterocycles. The van der Waals surface area contributed by atoms with Crippen LogP contribution >= 0.6 is 12.2 Å². The molecule has 14 heavy (non-hydrogen) atoms. The van der Waals surface area contributed by atoms with E-state index in [2.05, 4.69) is 10.2 Å². The van der Waals surface area contributed by atoms with Crippen LogP contribution < -0.4 is 5.69 Å². The number of H-pyrrole nitrogens is 2. The maximum atomic E-state index is 11.3. The Morgan fingerprint density at radius 1 is 1.64 bits per heavy atom. The molecule has 0 spiro atoms. The fourth-order valence-corrected chi connectivity index (χ4v) is 1.97. The van der Waals surface area contributed by atoms with Gasteiger partial charge >= 0.3 is 5.69 Å². The second-order valence-electron chi connectivity index (χ2n) is 3.85. The van der Waals surface area contributed by atoms with E-state index < -0.39 is 0 Å². The standard InChI is InChI=1S/C8H13N3O2S/c1-8(3-2-4-13-8)5-11-6(12)9-10-7(11)14/h2-5H2,1H3,(H,9,12)(H,10,14). The largest absolute Gasteiger partial charge is 0.373 e. The van der Waals surface area contributed by atoms with Gasteiger partial charge in [0, 0.05) is 6.61 Å². The number of hydrogen-bond acceptors (Lipinski definition) is 3. The summed E-state index contributed by atoms with van der Waals surface area (Å²) in [5.41, 5.74) is -0.445. The Kier molecular flexibility index (Phi) is 2.32. The lowest BCUT2D eigenvalue weighted by atomic mass is 10.0. The highest BCUT2D eigenvalue weighted by atomic mass is 32.1. The summed E-state index contributed by atoms with van der Waals surface area (Å²) in [5, 5.41) is 5.06. The molecule has 1 aliphatic rings. The van der Waals surface area contributed by atoms with E-state index in [0.29, 0.717) is 11.3 Å². The molecule has 2 rings (SSSR count). The molecule has 5 nitrogen and oxygen atoms in total. The smallest absolute Gasteiger partial charge is 0.342 e. The van der Waals surface area contributed by atoms with Gasteiger partial charge in [0.2, 0.25) is 0 Å². The van der Waals surface area contributed by atoms with E-state index in [9.17, 15) is 4.79 Å². The number of nitrogens with one attached hydrogen (secondary N) is 2. The molecule has 1 saturated heterocycles. The highest BCUT2D eigenvalue weighted by Gasteiger charge is 2.30. The summed E-state index contributed by atoms with van der Waals surface area (Å²) in [4.78, 5) is 11.3. The highest BCUT2D eigenvalue weighted by Crippen LogP contribution is 2.26. The number of aromatic amines is 2. The molecule has 78 valence electrons. The van der Waals surface area contributed by atoms with Crippen molar-refractivity contribution in [2.45, 2.75) is 31.9 Å². The predicted molar refractivity (Wildman–Crippen MR) is 53.8 cm³/mol. The first-order valence-corrected chi connectivity index (χ1v) is 5.03. The average Bonchev–Trinajstić information content (AvgIpc) is 2.68. The third-order valence-electron chi connectivity index (χ3n) is 2.56. The Balaban J connectivity index is 2.26. The number of hydrogen-bond donors (Lipinski definition) is 2. The maximum Gasteiger partial charge on any atom is 0.342 e. The summed E-state index contributed by atoms with van der Waals surface area (Å²) in [6.45, 7) is 3.30. The zero-order valence-corrected chi connectivity index (χ0v) is 8.82. The number of nitrogens with zero attached hydrogens (tertiary/aromatic N) is 1. The lowest BCUT2D eigenvalue weighted by Crippen LogP contribution is -2.34. The van der Waals surface area contributed by atoms with Crippen molar-refractivity contribution in [2.24, 2.45) is 0 Å². The van der Waals surface area contributed by atoms with Gasteiger partial charge in [-0.15, -0.1) is 0 Å². The quantitative estimate of drug-likeness (QED) is 0.717. The second-order valence-corrected chi connectivity index (χ2v) is 4.24. The van der Waals surface area contributed by atoms with Gasteiger partial charge in [0.1, 0.15) is 0 Å². The van der Waals surface area contributed by atoms with E-state index in [-0.39, 0.29) is 11.3 Å². The van der Waals surface area contributed by atoms with Gasteiger partial charge < -0.3 is 4.74 Å². The lowest BCUT2D eigenvalue weighted by Gasteiger charge is -2.22. The summed E-state index contributed by atoms with van der Waals surface area (Å²) in [7, 11) is 0. The fraction of sp³-hybridized carbons (Fsp3) is 0.750. The van der Waals surface area contributed by atoms with Crippen molar-refractivity contribution in [3.8, 4) is 0 Å². The monoisotopic (exact) mass is 215 g/mol. The molecule has 0 bridgehead atoms. The van der Waals surface area contributed by atoms with Crippen LogP contribution in [0.2, 0.25) is 0 Å². The number of aromatic nitrogens is 3. The molecule has 0 amide bonds. The van der Waals surface area contributed by atoms with E-state index in [1.165, 1.54) is 4.57 Å². The van der Waals surface area contributed by atoms with Gasteiger partial charge in [-0.3, -0.25) is 9.67 Å². The minimum atomic E-state index is -0.243. The highest BCUT2D eigenvalue weighted by molar-refractivity contribution is 7.71. The van der Waals surface area contributed by atoms with Crippen LogP contribution in [-0.2, 0) is 11.3 Å². The van der Waals surface area contributed by atoms with Crippen molar-refractivity contribution in [3.05, 3.63) is 15.3 Å². The van der Waals surface area contributed by atoms with Crippen LogP contribution in [-0.4, -0.2) is 27.0 Å². The van der Waals surface area contributed by atoms with Crippen molar-refractivity contribution >= 4 is 12.2 Å². The molecule has 0 saturated carbocycles. The number of rotatable bonds is 2. The normalized spacial score (nSPS) is 26.9. The average molecular weight is 215 g/mol. The molecular weight excluding hydrogens is 202 g/mol. The zero-order valence-electron chi connectivity index (χ0n) is 8.00. The maximum absolute atomic E-state index is 11.3. The van der Waals surface area contributed by atoms with Crippen LogP contribution in [0.25, 0.3) is 0 Å². The molecule has 0 aromatic carbocycles. The lowest BCUT2D eigenvalue weighted by molar-refractivity contribution is 0.00521. The Hall–Kier alpha value is -0.880. The molecule has 1 atom stereocenters. The van der Waals surface area contributed by atoms with Gasteiger partial charge in [-0.05, 0) is 32.0 Å². The van der Waals surface area contributed by atoms with E-state index in [0.717, 1.165) is 19.4 Å². The van der Waals surface area contributed by atoms with E-state index in [4.69, 9.17) is 17.0 Å². The Morgan fingerprint density at radius 3 is 2.93 bits per heavy atom. The summed E-state index contributed by atoms with van der Waals surface area (Å²) < 4.78 is 7.51. The molecule has 2 heterocycles. The summed E-state index contributed by atoms with van der Waals surface area (Å²) in [5.74, 6) is 0. The Labute approximate surface area is 86.1 Å². The molecule has 1 fully saturated rings. The van der Waals surface area contributed by atoms with E-state index in [1.807, 2.05) is 6.92 Å². The van der Waals surface area contributed by atoms with E-state index >= 15 is 0 Å². The van der Waals surface area contributed by atoms with Gasteiger partial charge in [0.15, 0.2) is 4.77 Å². The van der Waals surface area contributed by atoms with Crippen LogP contribution in [0.3, 0.4) is 0 Å². The van der Waals surface area contributed by atoms with Crippen molar-refractivity contribution in [2.75, 3.05) is 6.61 Å². The van der Waals surface area contributed by atoms with Crippen molar-refractivity contribution < 1.29 is 4.74 Å². The molecule has 1 unspecified atom stereocenters.